The molecule has 0 aliphatic heterocycles. The molecule has 0 N–H and O–H groups in total. The van der Waals surface area contributed by atoms with E-state index in [1.807, 2.05) is 0 Å². The van der Waals surface area contributed by atoms with Crippen LogP contribution in [-0.4, -0.2) is 0 Å². The molecule has 0 aromatic carbocycles. The quantitative estimate of drug-likeness (QED) is 0.508. The lowest BCUT2D eigenvalue weighted by Gasteiger charge is -2.13. The van der Waals surface area contributed by atoms with Gasteiger partial charge in [0.25, 0.3) is 0 Å². The molecule has 0 heterocycles. The Morgan fingerprint density at radius 1 is 1.08 bits per heavy atom. The SMILES string of the molecule is C1=C\CCCC2CCC[C]2/C=C/1. The molecule has 0 saturated heterocycles. The Morgan fingerprint density at radius 3 is 3.00 bits per heavy atom. The molecule has 0 aromatic heterocycles. The fourth-order valence-corrected chi connectivity index (χ4v) is 2.33. The van der Waals surface area contributed by atoms with E-state index in [9.17, 15) is 0 Å². The second-order valence-electron chi connectivity index (χ2n) is 3.88. The van der Waals surface area contributed by atoms with Gasteiger partial charge in [0.1, 0.15) is 0 Å². The lowest BCUT2D eigenvalue weighted by molar-refractivity contribution is 0.525. The minimum atomic E-state index is 0.932. The van der Waals surface area contributed by atoms with E-state index in [0.29, 0.717) is 0 Å². The predicted octanol–water partition coefficient (Wildman–Crippen LogP) is 3.66. The third-order valence-electron chi connectivity index (χ3n) is 3.02. The Labute approximate surface area is 75.4 Å². The Hall–Kier alpha value is -0.520. The molecule has 2 aliphatic carbocycles. The zero-order chi connectivity index (χ0) is 8.23. The van der Waals surface area contributed by atoms with Gasteiger partial charge in [0.05, 0.1) is 0 Å². The van der Waals surface area contributed by atoms with E-state index < -0.39 is 0 Å². The second-order valence-corrected chi connectivity index (χ2v) is 3.88. The van der Waals surface area contributed by atoms with Crippen molar-refractivity contribution < 1.29 is 0 Å². The van der Waals surface area contributed by atoms with Gasteiger partial charge in [-0.2, -0.15) is 0 Å². The van der Waals surface area contributed by atoms with Crippen LogP contribution in [0.25, 0.3) is 0 Å². The summed E-state index contributed by atoms with van der Waals surface area (Å²) in [7, 11) is 0. The van der Waals surface area contributed by atoms with E-state index in [1.54, 1.807) is 5.92 Å². The molecule has 0 amide bonds. The van der Waals surface area contributed by atoms with E-state index in [0.717, 1.165) is 5.92 Å². The van der Waals surface area contributed by atoms with Crippen molar-refractivity contribution in [1.29, 1.82) is 0 Å². The van der Waals surface area contributed by atoms with Gasteiger partial charge in [-0.25, -0.2) is 0 Å². The lowest BCUT2D eigenvalue weighted by atomic mass is 9.91. The smallest absolute Gasteiger partial charge is 0.000677 e. The summed E-state index contributed by atoms with van der Waals surface area (Å²) < 4.78 is 0. The van der Waals surface area contributed by atoms with Crippen LogP contribution in [0.3, 0.4) is 0 Å². The Kier molecular flexibility index (Phi) is 2.65. The predicted molar refractivity (Wildman–Crippen MR) is 52.7 cm³/mol. The van der Waals surface area contributed by atoms with Crippen molar-refractivity contribution in [3.05, 3.63) is 30.2 Å². The average molecular weight is 161 g/mol. The Morgan fingerprint density at radius 2 is 2.00 bits per heavy atom. The molecule has 1 atom stereocenters. The van der Waals surface area contributed by atoms with Gasteiger partial charge in [-0.15, -0.1) is 0 Å². The van der Waals surface area contributed by atoms with Crippen LogP contribution in [0.2, 0.25) is 0 Å². The maximum Gasteiger partial charge on any atom is 0.000677 e. The summed E-state index contributed by atoms with van der Waals surface area (Å²) >= 11 is 0. The third kappa shape index (κ3) is 1.80. The summed E-state index contributed by atoms with van der Waals surface area (Å²) in [6.45, 7) is 0. The van der Waals surface area contributed by atoms with Gasteiger partial charge in [-0.1, -0.05) is 30.7 Å². The van der Waals surface area contributed by atoms with E-state index in [2.05, 4.69) is 24.3 Å². The van der Waals surface area contributed by atoms with Crippen LogP contribution in [0.5, 0.6) is 0 Å². The highest BCUT2D eigenvalue weighted by atomic mass is 14.3. The lowest BCUT2D eigenvalue weighted by Crippen LogP contribution is -2.02. The largest absolute Gasteiger partial charge is 0.0845 e. The molecule has 0 nitrogen and oxygen atoms in total. The Bertz CT molecular complexity index is 188. The van der Waals surface area contributed by atoms with Gasteiger partial charge in [-0.05, 0) is 38.0 Å². The molecule has 1 fully saturated rings. The van der Waals surface area contributed by atoms with Gasteiger partial charge in [0, 0.05) is 5.92 Å². The van der Waals surface area contributed by atoms with Crippen molar-refractivity contribution in [3.63, 3.8) is 0 Å². The summed E-state index contributed by atoms with van der Waals surface area (Å²) in [5.41, 5.74) is 0. The highest BCUT2D eigenvalue weighted by Crippen LogP contribution is 2.38. The van der Waals surface area contributed by atoms with Gasteiger partial charge >= 0.3 is 0 Å². The van der Waals surface area contributed by atoms with Crippen LogP contribution < -0.4 is 0 Å². The molecule has 0 spiro atoms. The molecule has 0 bridgehead atoms. The number of hydrogen-bond acceptors (Lipinski definition) is 0. The molecule has 2 aliphatic rings. The summed E-state index contributed by atoms with van der Waals surface area (Å²) in [6.07, 6.45) is 17.4. The highest BCUT2D eigenvalue weighted by molar-refractivity contribution is 5.21. The first-order valence-electron chi connectivity index (χ1n) is 5.16. The van der Waals surface area contributed by atoms with Crippen molar-refractivity contribution >= 4 is 0 Å². The molecule has 1 unspecified atom stereocenters. The van der Waals surface area contributed by atoms with E-state index in [1.165, 1.54) is 38.5 Å². The number of hydrogen-bond donors (Lipinski definition) is 0. The Balaban J connectivity index is 2.03. The summed E-state index contributed by atoms with van der Waals surface area (Å²) in [5, 5.41) is 0. The summed E-state index contributed by atoms with van der Waals surface area (Å²) in [4.78, 5) is 0. The zero-order valence-corrected chi connectivity index (χ0v) is 7.63. The first kappa shape index (κ1) is 8.10. The molecule has 1 saturated carbocycles. The zero-order valence-electron chi connectivity index (χ0n) is 7.63. The normalized spacial score (nSPS) is 36.2. The average Bonchev–Trinajstić information content (AvgIpc) is 2.50. The van der Waals surface area contributed by atoms with Crippen LogP contribution in [0, 0.1) is 11.8 Å². The van der Waals surface area contributed by atoms with E-state index in [4.69, 9.17) is 0 Å². The first-order chi connectivity index (χ1) is 5.97. The van der Waals surface area contributed by atoms with Gasteiger partial charge in [0.15, 0.2) is 0 Å². The molecule has 0 aromatic rings. The van der Waals surface area contributed by atoms with Crippen LogP contribution in [0.1, 0.15) is 38.5 Å². The highest BCUT2D eigenvalue weighted by Gasteiger charge is 2.24. The minimum Gasteiger partial charge on any atom is -0.0845 e. The topological polar surface area (TPSA) is 0 Å². The van der Waals surface area contributed by atoms with Crippen LogP contribution >= 0.6 is 0 Å². The monoisotopic (exact) mass is 161 g/mol. The number of rotatable bonds is 0. The molecular weight excluding hydrogens is 144 g/mol. The summed E-state index contributed by atoms with van der Waals surface area (Å²) in [5.74, 6) is 2.64. The number of allylic oxidation sites excluding steroid dienone is 4. The summed E-state index contributed by atoms with van der Waals surface area (Å²) in [6, 6.07) is 0. The maximum absolute atomic E-state index is 2.35. The molecule has 0 heteroatoms. The second kappa shape index (κ2) is 3.93. The molecule has 12 heavy (non-hydrogen) atoms. The van der Waals surface area contributed by atoms with Crippen LogP contribution in [-0.2, 0) is 0 Å². The molecule has 2 rings (SSSR count). The maximum atomic E-state index is 2.35. The number of fused-ring (bicyclic) bond motifs is 1. The molecular formula is C12H17. The fraction of sp³-hybridized carbons (Fsp3) is 0.583. The first-order valence-corrected chi connectivity index (χ1v) is 5.16. The molecule has 1 radical (unpaired) electrons. The van der Waals surface area contributed by atoms with Crippen molar-refractivity contribution in [2.75, 3.05) is 0 Å². The van der Waals surface area contributed by atoms with Crippen LogP contribution in [0.15, 0.2) is 24.3 Å². The van der Waals surface area contributed by atoms with E-state index in [-0.39, 0.29) is 0 Å². The van der Waals surface area contributed by atoms with E-state index >= 15 is 0 Å². The van der Waals surface area contributed by atoms with Crippen molar-refractivity contribution in [2.24, 2.45) is 5.92 Å². The third-order valence-corrected chi connectivity index (χ3v) is 3.02. The van der Waals surface area contributed by atoms with Gasteiger partial charge < -0.3 is 0 Å². The fourth-order valence-electron chi connectivity index (χ4n) is 2.33. The van der Waals surface area contributed by atoms with Crippen molar-refractivity contribution in [2.45, 2.75) is 38.5 Å². The van der Waals surface area contributed by atoms with Crippen molar-refractivity contribution in [3.8, 4) is 0 Å². The van der Waals surface area contributed by atoms with Gasteiger partial charge in [-0.3, -0.25) is 0 Å². The minimum absolute atomic E-state index is 0.932. The molecule has 65 valence electrons. The van der Waals surface area contributed by atoms with Gasteiger partial charge in [0.2, 0.25) is 0 Å². The van der Waals surface area contributed by atoms with Crippen LogP contribution in [0.4, 0.5) is 0 Å². The standard InChI is InChI=1S/C12H17/c1-2-4-7-11-9-6-10-12(11)8-5-3-1/h1-2,4,7,12H,3,5-6,8-10H2/b2-1-,7-4+. The van der Waals surface area contributed by atoms with Crippen molar-refractivity contribution in [1.82, 2.24) is 0 Å².